The Bertz CT molecular complexity index is 940. The molecule has 0 saturated heterocycles. The second kappa shape index (κ2) is 7.62. The fourth-order valence-corrected chi connectivity index (χ4v) is 2.92. The number of pyridine rings is 1. The van der Waals surface area contributed by atoms with Crippen LogP contribution in [0.5, 0.6) is 0 Å². The number of para-hydroxylation sites is 1. The first-order valence-corrected chi connectivity index (χ1v) is 9.03. The number of hydrogen-bond acceptors (Lipinski definition) is 3. The summed E-state index contributed by atoms with van der Waals surface area (Å²) < 4.78 is 0. The average molecular weight is 359 g/mol. The van der Waals surface area contributed by atoms with Gasteiger partial charge in [-0.15, -0.1) is 0 Å². The van der Waals surface area contributed by atoms with Gasteiger partial charge < -0.3 is 10.6 Å². The molecule has 1 amide bonds. The van der Waals surface area contributed by atoms with Crippen molar-refractivity contribution in [3.05, 3.63) is 83.6 Å². The molecular weight excluding hydrogens is 334 g/mol. The Balaban J connectivity index is 1.72. The molecule has 0 fully saturated rings. The molecule has 0 aliphatic heterocycles. The summed E-state index contributed by atoms with van der Waals surface area (Å²) in [6, 6.07) is 19.5. The van der Waals surface area contributed by atoms with Crippen molar-refractivity contribution in [3.8, 4) is 0 Å². The topological polar surface area (TPSA) is 54.0 Å². The molecule has 0 aliphatic rings. The van der Waals surface area contributed by atoms with Gasteiger partial charge in [0.2, 0.25) is 0 Å². The average Bonchev–Trinajstić information content (AvgIpc) is 2.63. The molecule has 138 valence electrons. The van der Waals surface area contributed by atoms with E-state index in [-0.39, 0.29) is 11.3 Å². The number of nitrogens with one attached hydrogen (secondary N) is 2. The lowest BCUT2D eigenvalue weighted by molar-refractivity contribution is 0.102. The van der Waals surface area contributed by atoms with Gasteiger partial charge in [0.15, 0.2) is 0 Å². The van der Waals surface area contributed by atoms with Gasteiger partial charge in [-0.2, -0.15) is 0 Å². The molecule has 27 heavy (non-hydrogen) atoms. The Kier molecular flexibility index (Phi) is 5.26. The predicted octanol–water partition coefficient (Wildman–Crippen LogP) is 5.68. The summed E-state index contributed by atoms with van der Waals surface area (Å²) in [5.74, 6) is 0.597. The molecule has 3 aromatic rings. The Morgan fingerprint density at radius 3 is 2.41 bits per heavy atom. The highest BCUT2D eigenvalue weighted by atomic mass is 16.1. The van der Waals surface area contributed by atoms with Gasteiger partial charge in [0, 0.05) is 11.3 Å². The van der Waals surface area contributed by atoms with Crippen molar-refractivity contribution in [2.75, 3.05) is 10.6 Å². The molecule has 4 heteroatoms. The highest BCUT2D eigenvalue weighted by Crippen LogP contribution is 2.30. The van der Waals surface area contributed by atoms with E-state index >= 15 is 0 Å². The predicted molar refractivity (Wildman–Crippen MR) is 112 cm³/mol. The van der Waals surface area contributed by atoms with Gasteiger partial charge in [-0.25, -0.2) is 4.98 Å². The smallest absolute Gasteiger partial charge is 0.255 e. The van der Waals surface area contributed by atoms with Crippen molar-refractivity contribution in [2.45, 2.75) is 33.1 Å². The van der Waals surface area contributed by atoms with E-state index in [1.165, 1.54) is 5.56 Å². The molecule has 0 atom stereocenters. The number of rotatable bonds is 4. The largest absolute Gasteiger partial charge is 0.340 e. The van der Waals surface area contributed by atoms with E-state index in [2.05, 4.69) is 48.5 Å². The molecule has 2 N–H and O–H groups in total. The third-order valence-corrected chi connectivity index (χ3v) is 4.30. The first-order valence-electron chi connectivity index (χ1n) is 9.03. The summed E-state index contributed by atoms with van der Waals surface area (Å²) in [6.07, 6.45) is 1.66. The van der Waals surface area contributed by atoms with Crippen LogP contribution in [0.4, 0.5) is 17.2 Å². The van der Waals surface area contributed by atoms with Crippen LogP contribution in [0.2, 0.25) is 0 Å². The minimum atomic E-state index is -0.140. The lowest BCUT2D eigenvalue weighted by atomic mass is 9.86. The maximum absolute atomic E-state index is 12.3. The number of hydrogen-bond donors (Lipinski definition) is 2. The molecule has 0 unspecified atom stereocenters. The van der Waals surface area contributed by atoms with Gasteiger partial charge in [-0.3, -0.25) is 4.79 Å². The number of carbonyl (C=O) groups is 1. The van der Waals surface area contributed by atoms with Crippen LogP contribution in [0.1, 0.15) is 42.3 Å². The Morgan fingerprint density at radius 1 is 0.963 bits per heavy atom. The molecule has 1 aromatic heterocycles. The lowest BCUT2D eigenvalue weighted by Crippen LogP contribution is -2.14. The highest BCUT2D eigenvalue weighted by Gasteiger charge is 2.17. The van der Waals surface area contributed by atoms with Crippen molar-refractivity contribution < 1.29 is 4.79 Å². The van der Waals surface area contributed by atoms with Gasteiger partial charge in [0.05, 0.1) is 11.9 Å². The van der Waals surface area contributed by atoms with Crippen LogP contribution < -0.4 is 10.6 Å². The van der Waals surface area contributed by atoms with Crippen molar-refractivity contribution in [1.82, 2.24) is 4.98 Å². The molecule has 0 spiro atoms. The Hall–Kier alpha value is -3.14. The SMILES string of the molecule is Cc1cccc(C(=O)Nc2ccc(Nc3ccccc3C(C)(C)C)nc2)c1. The van der Waals surface area contributed by atoms with Crippen molar-refractivity contribution in [1.29, 1.82) is 0 Å². The molecular formula is C23H25N3O. The van der Waals surface area contributed by atoms with E-state index in [0.717, 1.165) is 17.1 Å². The summed E-state index contributed by atoms with van der Waals surface area (Å²) in [5.41, 5.74) is 4.65. The van der Waals surface area contributed by atoms with Crippen molar-refractivity contribution >= 4 is 23.1 Å². The van der Waals surface area contributed by atoms with Crippen LogP contribution in [-0.2, 0) is 5.41 Å². The zero-order valence-electron chi connectivity index (χ0n) is 16.2. The molecule has 1 heterocycles. The number of carbonyl (C=O) groups excluding carboxylic acids is 1. The summed E-state index contributed by atoms with van der Waals surface area (Å²) >= 11 is 0. The summed E-state index contributed by atoms with van der Waals surface area (Å²) in [7, 11) is 0. The number of aryl methyl sites for hydroxylation is 1. The first kappa shape index (κ1) is 18.6. The molecule has 4 nitrogen and oxygen atoms in total. The zero-order valence-corrected chi connectivity index (χ0v) is 16.2. The highest BCUT2D eigenvalue weighted by molar-refractivity contribution is 6.04. The second-order valence-electron chi connectivity index (χ2n) is 7.68. The van der Waals surface area contributed by atoms with Gasteiger partial charge in [0.25, 0.3) is 5.91 Å². The van der Waals surface area contributed by atoms with Crippen LogP contribution in [0.15, 0.2) is 66.9 Å². The fourth-order valence-electron chi connectivity index (χ4n) is 2.92. The van der Waals surface area contributed by atoms with E-state index in [0.29, 0.717) is 11.3 Å². The third-order valence-electron chi connectivity index (χ3n) is 4.30. The maximum Gasteiger partial charge on any atom is 0.255 e. The second-order valence-corrected chi connectivity index (χ2v) is 7.68. The standard InChI is InChI=1S/C23H25N3O/c1-16-8-7-9-17(14-16)22(27)25-18-12-13-21(24-15-18)26-20-11-6-5-10-19(20)23(2,3)4/h5-15H,1-4H3,(H,24,26)(H,25,27). The summed E-state index contributed by atoms with van der Waals surface area (Å²) in [6.45, 7) is 8.52. The van der Waals surface area contributed by atoms with Crippen molar-refractivity contribution in [2.24, 2.45) is 0 Å². The summed E-state index contributed by atoms with van der Waals surface area (Å²) in [4.78, 5) is 16.8. The fraction of sp³-hybridized carbons (Fsp3) is 0.217. The van der Waals surface area contributed by atoms with E-state index in [1.54, 1.807) is 12.3 Å². The van der Waals surface area contributed by atoms with Crippen LogP contribution in [0.3, 0.4) is 0 Å². The van der Waals surface area contributed by atoms with Crippen LogP contribution >= 0.6 is 0 Å². The quantitative estimate of drug-likeness (QED) is 0.630. The van der Waals surface area contributed by atoms with Gasteiger partial charge >= 0.3 is 0 Å². The minimum absolute atomic E-state index is 0.0331. The monoisotopic (exact) mass is 359 g/mol. The van der Waals surface area contributed by atoms with Crippen LogP contribution in [-0.4, -0.2) is 10.9 Å². The first-order chi connectivity index (χ1) is 12.8. The third kappa shape index (κ3) is 4.73. The summed E-state index contributed by atoms with van der Waals surface area (Å²) in [5, 5.41) is 6.26. The number of anilines is 3. The van der Waals surface area contributed by atoms with Gasteiger partial charge in [0.1, 0.15) is 5.82 Å². The van der Waals surface area contributed by atoms with E-state index < -0.39 is 0 Å². The van der Waals surface area contributed by atoms with Crippen LogP contribution in [0, 0.1) is 6.92 Å². The number of aromatic nitrogens is 1. The van der Waals surface area contributed by atoms with E-state index in [4.69, 9.17) is 0 Å². The van der Waals surface area contributed by atoms with Gasteiger partial charge in [-0.1, -0.05) is 56.7 Å². The molecule has 2 aromatic carbocycles. The van der Waals surface area contributed by atoms with Gasteiger partial charge in [-0.05, 0) is 48.2 Å². The zero-order chi connectivity index (χ0) is 19.4. The van der Waals surface area contributed by atoms with Crippen LogP contribution in [0.25, 0.3) is 0 Å². The molecule has 3 rings (SSSR count). The molecule has 0 saturated carbocycles. The number of amides is 1. The number of benzene rings is 2. The maximum atomic E-state index is 12.3. The molecule has 0 radical (unpaired) electrons. The lowest BCUT2D eigenvalue weighted by Gasteiger charge is -2.23. The number of nitrogens with zero attached hydrogens (tertiary/aromatic N) is 1. The normalized spacial score (nSPS) is 11.1. The Labute approximate surface area is 160 Å². The Morgan fingerprint density at radius 2 is 1.74 bits per heavy atom. The van der Waals surface area contributed by atoms with E-state index in [9.17, 15) is 4.79 Å². The molecule has 0 aliphatic carbocycles. The molecule has 0 bridgehead atoms. The van der Waals surface area contributed by atoms with Crippen molar-refractivity contribution in [3.63, 3.8) is 0 Å². The minimum Gasteiger partial charge on any atom is -0.340 e. The van der Waals surface area contributed by atoms with E-state index in [1.807, 2.05) is 49.4 Å².